The molecule has 12 atom stereocenters. The van der Waals surface area contributed by atoms with Gasteiger partial charge in [0.25, 0.3) is 0 Å². The van der Waals surface area contributed by atoms with Gasteiger partial charge in [0.1, 0.15) is 6.10 Å². The molecule has 0 aromatic carbocycles. The van der Waals surface area contributed by atoms with E-state index in [4.69, 9.17) is 18.9 Å². The lowest BCUT2D eigenvalue weighted by Gasteiger charge is -2.60. The summed E-state index contributed by atoms with van der Waals surface area (Å²) >= 11 is 0. The highest BCUT2D eigenvalue weighted by Gasteiger charge is 2.80. The molecule has 41 heavy (non-hydrogen) atoms. The predicted molar refractivity (Wildman–Crippen MR) is 165 cm³/mol. The summed E-state index contributed by atoms with van der Waals surface area (Å²) in [6.45, 7) is 16.6. The molecule has 2 saturated heterocycles. The highest BCUT2D eigenvalue weighted by molar-refractivity contribution is 7.59. The first kappa shape index (κ1) is 31.1. The Morgan fingerprint density at radius 3 is 2.46 bits per heavy atom. The van der Waals surface area contributed by atoms with Crippen LogP contribution in [0.25, 0.3) is 0 Å². The van der Waals surface area contributed by atoms with Crippen LogP contribution in [0.3, 0.4) is 0 Å². The van der Waals surface area contributed by atoms with Crippen LogP contribution < -0.4 is 5.32 Å². The van der Waals surface area contributed by atoms with E-state index in [1.54, 1.807) is 0 Å². The van der Waals surface area contributed by atoms with Crippen molar-refractivity contribution >= 4 is 13.5 Å². The van der Waals surface area contributed by atoms with Crippen molar-refractivity contribution in [3.8, 4) is 0 Å². The standard InChI is InChI=1S/C34H57NO5.H2S/c1-7-37-29(31(4,5)36)24-10-8-22-25(39-24)18-23-21-9-11-26-30(2,3)27(40-28-19-35-16-17-38-28)12-13-34(26)20-33(21,34)15-14-32(22,23)6;/h21-29,35-36H,7-20H2,1-6H3;1H2. The van der Waals surface area contributed by atoms with Gasteiger partial charge in [-0.3, -0.25) is 0 Å². The Kier molecular flexibility index (Phi) is 8.04. The minimum absolute atomic E-state index is 0. The molecule has 5 saturated carbocycles. The Morgan fingerprint density at radius 2 is 1.76 bits per heavy atom. The molecule has 12 unspecified atom stereocenters. The molecule has 2 heterocycles. The summed E-state index contributed by atoms with van der Waals surface area (Å²) < 4.78 is 25.7. The first-order valence-corrected chi connectivity index (χ1v) is 16.9. The van der Waals surface area contributed by atoms with Crippen molar-refractivity contribution in [2.45, 2.75) is 142 Å². The highest BCUT2D eigenvalue weighted by atomic mass is 32.1. The molecule has 0 aromatic heterocycles. The van der Waals surface area contributed by atoms with Crippen molar-refractivity contribution in [1.29, 1.82) is 0 Å². The summed E-state index contributed by atoms with van der Waals surface area (Å²) in [5.41, 5.74) is 0.795. The van der Waals surface area contributed by atoms with Gasteiger partial charge in [0, 0.05) is 19.7 Å². The molecule has 6 nitrogen and oxygen atoms in total. The number of aliphatic hydroxyl groups is 1. The molecule has 7 fully saturated rings. The average Bonchev–Trinajstić information content (AvgIpc) is 3.49. The second kappa shape index (κ2) is 10.6. The van der Waals surface area contributed by atoms with E-state index >= 15 is 0 Å². The molecule has 236 valence electrons. The van der Waals surface area contributed by atoms with Crippen molar-refractivity contribution in [1.82, 2.24) is 5.32 Å². The third-order valence-electron chi connectivity index (χ3n) is 14.1. The Balaban J connectivity index is 0.00000302. The lowest BCUT2D eigenvalue weighted by atomic mass is 9.46. The third-order valence-corrected chi connectivity index (χ3v) is 14.1. The zero-order valence-electron chi connectivity index (χ0n) is 26.7. The summed E-state index contributed by atoms with van der Waals surface area (Å²) in [7, 11) is 0. The fraction of sp³-hybridized carbons (Fsp3) is 1.00. The summed E-state index contributed by atoms with van der Waals surface area (Å²) in [4.78, 5) is 0. The van der Waals surface area contributed by atoms with E-state index in [1.807, 2.05) is 20.8 Å². The van der Waals surface area contributed by atoms with Crippen LogP contribution in [-0.4, -0.2) is 67.7 Å². The van der Waals surface area contributed by atoms with Crippen LogP contribution in [0.2, 0.25) is 0 Å². The van der Waals surface area contributed by atoms with Crippen LogP contribution in [0.4, 0.5) is 0 Å². The molecule has 2 aliphatic heterocycles. The van der Waals surface area contributed by atoms with Crippen molar-refractivity contribution in [2.75, 3.05) is 26.3 Å². The number of rotatable bonds is 6. The van der Waals surface area contributed by atoms with E-state index in [0.29, 0.717) is 41.0 Å². The average molecular weight is 594 g/mol. The maximum Gasteiger partial charge on any atom is 0.170 e. The fourth-order valence-electron chi connectivity index (χ4n) is 12.5. The molecule has 0 amide bonds. The Morgan fingerprint density at radius 1 is 0.976 bits per heavy atom. The van der Waals surface area contributed by atoms with Gasteiger partial charge in [0.15, 0.2) is 6.29 Å². The van der Waals surface area contributed by atoms with Gasteiger partial charge >= 0.3 is 0 Å². The summed E-state index contributed by atoms with van der Waals surface area (Å²) in [6.07, 6.45) is 13.3. The minimum atomic E-state index is -0.888. The number of hydrogen-bond acceptors (Lipinski definition) is 6. The van der Waals surface area contributed by atoms with Crippen molar-refractivity contribution in [3.05, 3.63) is 0 Å². The van der Waals surface area contributed by atoms with Crippen LogP contribution in [0.1, 0.15) is 106 Å². The molecule has 0 radical (unpaired) electrons. The monoisotopic (exact) mass is 593 g/mol. The van der Waals surface area contributed by atoms with Crippen LogP contribution in [-0.2, 0) is 18.9 Å². The van der Waals surface area contributed by atoms with E-state index in [-0.39, 0.29) is 37.4 Å². The quantitative estimate of drug-likeness (QED) is 0.405. The SMILES string of the molecule is CCOC(C1CCC2C(CC3C4CCC5C(C)(C)C(OC6CNCCO6)CCC56CC46CCC23C)O1)C(C)(C)O.S. The maximum absolute atomic E-state index is 10.9. The second-order valence-electron chi connectivity index (χ2n) is 16.5. The Hall–Kier alpha value is 0.110. The zero-order chi connectivity index (χ0) is 28.1. The van der Waals surface area contributed by atoms with Gasteiger partial charge in [-0.15, -0.1) is 0 Å². The van der Waals surface area contributed by atoms with Gasteiger partial charge in [-0.05, 0) is 130 Å². The molecule has 0 aromatic rings. The minimum Gasteiger partial charge on any atom is -0.388 e. The summed E-state index contributed by atoms with van der Waals surface area (Å²) in [5.74, 6) is 3.05. The largest absolute Gasteiger partial charge is 0.388 e. The van der Waals surface area contributed by atoms with Gasteiger partial charge in [-0.25, -0.2) is 0 Å². The zero-order valence-corrected chi connectivity index (χ0v) is 27.7. The molecule has 7 aliphatic rings. The lowest BCUT2D eigenvalue weighted by molar-refractivity contribution is -0.232. The van der Waals surface area contributed by atoms with Crippen molar-refractivity contribution in [2.24, 2.45) is 45.3 Å². The Labute approximate surface area is 256 Å². The normalized spacial score (nSPS) is 50.7. The van der Waals surface area contributed by atoms with Gasteiger partial charge in [-0.2, -0.15) is 13.5 Å². The van der Waals surface area contributed by atoms with E-state index in [1.165, 1.54) is 57.8 Å². The van der Waals surface area contributed by atoms with Crippen molar-refractivity contribution in [3.63, 3.8) is 0 Å². The van der Waals surface area contributed by atoms with Gasteiger partial charge in [0.05, 0.1) is 30.5 Å². The molecule has 2 N–H and O–H groups in total. The highest BCUT2D eigenvalue weighted by Crippen LogP contribution is 2.87. The van der Waals surface area contributed by atoms with Crippen LogP contribution in [0.5, 0.6) is 0 Å². The van der Waals surface area contributed by atoms with E-state index in [0.717, 1.165) is 43.9 Å². The molecule has 5 aliphatic carbocycles. The topological polar surface area (TPSA) is 69.2 Å². The molecular formula is C34H59NO5S. The van der Waals surface area contributed by atoms with E-state index in [9.17, 15) is 5.11 Å². The molecule has 2 spiro atoms. The third kappa shape index (κ3) is 4.55. The van der Waals surface area contributed by atoms with E-state index in [2.05, 4.69) is 26.1 Å². The number of ether oxygens (including phenoxy) is 4. The fourth-order valence-corrected chi connectivity index (χ4v) is 12.5. The lowest BCUT2D eigenvalue weighted by Crippen LogP contribution is -2.56. The first-order chi connectivity index (χ1) is 19.0. The summed E-state index contributed by atoms with van der Waals surface area (Å²) in [5, 5.41) is 14.3. The van der Waals surface area contributed by atoms with E-state index < -0.39 is 5.60 Å². The molecule has 7 heteroatoms. The van der Waals surface area contributed by atoms with Crippen LogP contribution in [0, 0.1) is 45.3 Å². The second-order valence-corrected chi connectivity index (χ2v) is 16.5. The maximum atomic E-state index is 10.9. The summed E-state index contributed by atoms with van der Waals surface area (Å²) in [6, 6.07) is 0. The number of hydrogen-bond donors (Lipinski definition) is 2. The van der Waals surface area contributed by atoms with Crippen LogP contribution in [0.15, 0.2) is 0 Å². The van der Waals surface area contributed by atoms with Crippen LogP contribution >= 0.6 is 13.5 Å². The van der Waals surface area contributed by atoms with Gasteiger partial charge in [0.2, 0.25) is 0 Å². The smallest absolute Gasteiger partial charge is 0.170 e. The van der Waals surface area contributed by atoms with Gasteiger partial charge < -0.3 is 29.4 Å². The number of fused-ring (bicyclic) bond motifs is 4. The Bertz CT molecular complexity index is 965. The van der Waals surface area contributed by atoms with Crippen molar-refractivity contribution < 1.29 is 24.1 Å². The predicted octanol–water partition coefficient (Wildman–Crippen LogP) is 5.81. The number of morpholine rings is 1. The first-order valence-electron chi connectivity index (χ1n) is 16.9. The molecule has 7 rings (SSSR count). The molecular weight excluding hydrogens is 534 g/mol. The number of nitrogens with one attached hydrogen (secondary N) is 1. The molecule has 0 bridgehead atoms. The van der Waals surface area contributed by atoms with Gasteiger partial charge in [-0.1, -0.05) is 20.8 Å².